The second-order valence-corrected chi connectivity index (χ2v) is 5.24. The van der Waals surface area contributed by atoms with Gasteiger partial charge in [-0.15, -0.1) is 0 Å². The molecule has 1 atom stereocenters. The number of nitrogens with zero attached hydrogens (tertiary/aromatic N) is 1. The van der Waals surface area contributed by atoms with Crippen molar-refractivity contribution >= 4 is 5.69 Å². The van der Waals surface area contributed by atoms with Crippen LogP contribution in [-0.2, 0) is 6.42 Å². The first-order valence-electron chi connectivity index (χ1n) is 7.01. The Balaban J connectivity index is 1.87. The highest BCUT2D eigenvalue weighted by molar-refractivity contribution is 5.51. The van der Waals surface area contributed by atoms with Gasteiger partial charge in [0, 0.05) is 6.04 Å². The molecule has 0 aliphatic rings. The number of benzene rings is 1. The van der Waals surface area contributed by atoms with E-state index in [9.17, 15) is 0 Å². The predicted molar refractivity (Wildman–Crippen MR) is 82.5 cm³/mol. The highest BCUT2D eigenvalue weighted by Crippen LogP contribution is 2.19. The normalized spacial score (nSPS) is 12.2. The summed E-state index contributed by atoms with van der Waals surface area (Å²) in [6.45, 7) is 6.26. The summed E-state index contributed by atoms with van der Waals surface area (Å²) in [5.74, 6) is 0.907. The van der Waals surface area contributed by atoms with Gasteiger partial charge >= 0.3 is 0 Å². The third-order valence-electron chi connectivity index (χ3n) is 3.54. The van der Waals surface area contributed by atoms with E-state index in [1.54, 1.807) is 7.11 Å². The van der Waals surface area contributed by atoms with Gasteiger partial charge < -0.3 is 10.1 Å². The van der Waals surface area contributed by atoms with E-state index in [0.29, 0.717) is 6.04 Å². The molecule has 0 fully saturated rings. The molecule has 0 aliphatic heterocycles. The summed E-state index contributed by atoms with van der Waals surface area (Å²) in [5.41, 5.74) is 4.59. The van der Waals surface area contributed by atoms with E-state index in [0.717, 1.165) is 35.7 Å². The standard InChI is InChI=1S/C16H23N3O/c1-11(17-16-12(2)18-19-13(16)3)5-6-14-7-9-15(20-4)10-8-14/h7-11,17H,5-6H2,1-4H3,(H,18,19). The maximum Gasteiger partial charge on any atom is 0.118 e. The van der Waals surface area contributed by atoms with Crippen LogP contribution >= 0.6 is 0 Å². The van der Waals surface area contributed by atoms with Crippen LogP contribution in [0.1, 0.15) is 30.3 Å². The lowest BCUT2D eigenvalue weighted by molar-refractivity contribution is 0.414. The molecular formula is C16H23N3O. The van der Waals surface area contributed by atoms with Crippen molar-refractivity contribution in [3.05, 3.63) is 41.2 Å². The van der Waals surface area contributed by atoms with E-state index in [-0.39, 0.29) is 0 Å². The zero-order valence-corrected chi connectivity index (χ0v) is 12.7. The van der Waals surface area contributed by atoms with Gasteiger partial charge in [0.05, 0.1) is 24.2 Å². The zero-order valence-electron chi connectivity index (χ0n) is 12.7. The van der Waals surface area contributed by atoms with Crippen molar-refractivity contribution in [1.29, 1.82) is 0 Å². The fraction of sp³-hybridized carbons (Fsp3) is 0.438. The number of aromatic amines is 1. The Kier molecular flexibility index (Phi) is 4.66. The van der Waals surface area contributed by atoms with Crippen LogP contribution in [0.2, 0.25) is 0 Å². The molecule has 0 bridgehead atoms. The first-order valence-corrected chi connectivity index (χ1v) is 7.01. The van der Waals surface area contributed by atoms with Gasteiger partial charge in [-0.2, -0.15) is 5.10 Å². The Morgan fingerprint density at radius 1 is 1.25 bits per heavy atom. The molecule has 0 saturated heterocycles. The molecule has 1 aromatic carbocycles. The molecule has 2 aromatic rings. The van der Waals surface area contributed by atoms with Crippen LogP contribution in [-0.4, -0.2) is 23.3 Å². The number of ether oxygens (including phenoxy) is 1. The van der Waals surface area contributed by atoms with Crippen LogP contribution in [0.4, 0.5) is 5.69 Å². The monoisotopic (exact) mass is 273 g/mol. The van der Waals surface area contributed by atoms with Gasteiger partial charge in [0.2, 0.25) is 0 Å². The molecule has 0 aliphatic carbocycles. The van der Waals surface area contributed by atoms with Gasteiger partial charge in [-0.25, -0.2) is 0 Å². The van der Waals surface area contributed by atoms with Gasteiger partial charge in [0.25, 0.3) is 0 Å². The van der Waals surface area contributed by atoms with Crippen LogP contribution in [0, 0.1) is 13.8 Å². The first-order chi connectivity index (χ1) is 9.60. The number of aryl methyl sites for hydroxylation is 3. The molecule has 1 unspecified atom stereocenters. The first kappa shape index (κ1) is 14.4. The number of anilines is 1. The maximum absolute atomic E-state index is 5.17. The van der Waals surface area contributed by atoms with Crippen LogP contribution in [0.25, 0.3) is 0 Å². The fourth-order valence-corrected chi connectivity index (χ4v) is 2.26. The molecular weight excluding hydrogens is 250 g/mol. The van der Waals surface area contributed by atoms with Gasteiger partial charge in [-0.1, -0.05) is 12.1 Å². The summed E-state index contributed by atoms with van der Waals surface area (Å²) >= 11 is 0. The lowest BCUT2D eigenvalue weighted by Gasteiger charge is -2.15. The smallest absolute Gasteiger partial charge is 0.118 e. The Morgan fingerprint density at radius 2 is 1.95 bits per heavy atom. The molecule has 108 valence electrons. The van der Waals surface area contributed by atoms with E-state index in [1.807, 2.05) is 26.0 Å². The molecule has 0 spiro atoms. The number of nitrogens with one attached hydrogen (secondary N) is 2. The zero-order chi connectivity index (χ0) is 14.5. The van der Waals surface area contributed by atoms with Gasteiger partial charge in [0.15, 0.2) is 0 Å². The summed E-state index contributed by atoms with van der Waals surface area (Å²) in [7, 11) is 1.69. The van der Waals surface area contributed by atoms with E-state index < -0.39 is 0 Å². The number of methoxy groups -OCH3 is 1. The van der Waals surface area contributed by atoms with Crippen LogP contribution < -0.4 is 10.1 Å². The van der Waals surface area contributed by atoms with Crippen molar-refractivity contribution in [2.75, 3.05) is 12.4 Å². The van der Waals surface area contributed by atoms with E-state index >= 15 is 0 Å². The SMILES string of the molecule is COc1ccc(CCC(C)Nc2c(C)n[nH]c2C)cc1. The van der Waals surface area contributed by atoms with Gasteiger partial charge in [-0.05, 0) is 51.3 Å². The van der Waals surface area contributed by atoms with Crippen LogP contribution in [0.5, 0.6) is 5.75 Å². The quantitative estimate of drug-likeness (QED) is 0.847. The minimum absolute atomic E-state index is 0.409. The number of H-pyrrole nitrogens is 1. The lowest BCUT2D eigenvalue weighted by atomic mass is 10.1. The highest BCUT2D eigenvalue weighted by atomic mass is 16.5. The van der Waals surface area contributed by atoms with Crippen molar-refractivity contribution in [3.63, 3.8) is 0 Å². The number of hydrogen-bond acceptors (Lipinski definition) is 3. The van der Waals surface area contributed by atoms with Crippen LogP contribution in [0.3, 0.4) is 0 Å². The fourth-order valence-electron chi connectivity index (χ4n) is 2.26. The molecule has 2 rings (SSSR count). The second-order valence-electron chi connectivity index (χ2n) is 5.24. The molecule has 0 saturated carbocycles. The van der Waals surface area contributed by atoms with Crippen LogP contribution in [0.15, 0.2) is 24.3 Å². The van der Waals surface area contributed by atoms with E-state index in [1.165, 1.54) is 5.56 Å². The third-order valence-corrected chi connectivity index (χ3v) is 3.54. The van der Waals surface area contributed by atoms with Crippen molar-refractivity contribution < 1.29 is 4.74 Å². The minimum atomic E-state index is 0.409. The van der Waals surface area contributed by atoms with Crippen molar-refractivity contribution in [2.24, 2.45) is 0 Å². The third kappa shape index (κ3) is 3.53. The minimum Gasteiger partial charge on any atom is -0.497 e. The largest absolute Gasteiger partial charge is 0.497 e. The molecule has 4 heteroatoms. The van der Waals surface area contributed by atoms with Crippen molar-refractivity contribution in [2.45, 2.75) is 39.7 Å². The summed E-state index contributed by atoms with van der Waals surface area (Å²) < 4.78 is 5.17. The summed E-state index contributed by atoms with van der Waals surface area (Å²) in [5, 5.41) is 10.7. The Morgan fingerprint density at radius 3 is 2.50 bits per heavy atom. The predicted octanol–water partition coefficient (Wildman–Crippen LogP) is 3.47. The summed E-state index contributed by atoms with van der Waals surface area (Å²) in [6.07, 6.45) is 2.13. The average Bonchev–Trinajstić information content (AvgIpc) is 2.77. The Labute approximate surface area is 120 Å². The molecule has 0 amide bonds. The van der Waals surface area contributed by atoms with Crippen molar-refractivity contribution in [1.82, 2.24) is 10.2 Å². The summed E-state index contributed by atoms with van der Waals surface area (Å²) in [4.78, 5) is 0. The molecule has 20 heavy (non-hydrogen) atoms. The van der Waals surface area contributed by atoms with Crippen molar-refractivity contribution in [3.8, 4) is 5.75 Å². The lowest BCUT2D eigenvalue weighted by Crippen LogP contribution is -2.16. The molecule has 1 aromatic heterocycles. The number of hydrogen-bond donors (Lipinski definition) is 2. The topological polar surface area (TPSA) is 49.9 Å². The summed E-state index contributed by atoms with van der Waals surface area (Å²) in [6, 6.07) is 8.68. The Bertz CT molecular complexity index is 526. The number of aromatic nitrogens is 2. The van der Waals surface area contributed by atoms with Gasteiger partial charge in [-0.3, -0.25) is 5.10 Å². The number of rotatable bonds is 6. The molecule has 2 N–H and O–H groups in total. The van der Waals surface area contributed by atoms with E-state index in [4.69, 9.17) is 4.74 Å². The van der Waals surface area contributed by atoms with E-state index in [2.05, 4.69) is 34.6 Å². The van der Waals surface area contributed by atoms with Gasteiger partial charge in [0.1, 0.15) is 5.75 Å². The molecule has 4 nitrogen and oxygen atoms in total. The molecule has 0 radical (unpaired) electrons. The average molecular weight is 273 g/mol. The molecule has 1 heterocycles. The second kappa shape index (κ2) is 6.46. The highest BCUT2D eigenvalue weighted by Gasteiger charge is 2.09. The Hall–Kier alpha value is -1.97. The maximum atomic E-state index is 5.17.